The van der Waals surface area contributed by atoms with Crippen LogP contribution in [0, 0.1) is 5.41 Å². The molecule has 0 amide bonds. The van der Waals surface area contributed by atoms with Crippen LogP contribution in [0.3, 0.4) is 0 Å². The number of para-hydroxylation sites is 1. The molecule has 120 valence electrons. The van der Waals surface area contributed by atoms with Crippen molar-refractivity contribution in [3.63, 3.8) is 0 Å². The van der Waals surface area contributed by atoms with Crippen LogP contribution in [0.5, 0.6) is 0 Å². The number of hydrogen-bond donors (Lipinski definition) is 1. The Labute approximate surface area is 136 Å². The predicted octanol–water partition coefficient (Wildman–Crippen LogP) is 2.24. The van der Waals surface area contributed by atoms with Gasteiger partial charge in [0, 0.05) is 13.6 Å². The van der Waals surface area contributed by atoms with Crippen LogP contribution in [0.4, 0.5) is 5.82 Å². The van der Waals surface area contributed by atoms with Gasteiger partial charge in [0.15, 0.2) is 5.65 Å². The van der Waals surface area contributed by atoms with Gasteiger partial charge in [-0.3, -0.25) is 0 Å². The van der Waals surface area contributed by atoms with Crippen molar-refractivity contribution in [1.82, 2.24) is 19.7 Å². The van der Waals surface area contributed by atoms with Crippen molar-refractivity contribution in [3.05, 3.63) is 42.9 Å². The number of benzene rings is 1. The van der Waals surface area contributed by atoms with E-state index in [0.717, 1.165) is 29.1 Å². The maximum atomic E-state index is 5.85. The minimum absolute atomic E-state index is 0.0153. The van der Waals surface area contributed by atoms with E-state index in [9.17, 15) is 0 Å². The average molecular weight is 310 g/mol. The van der Waals surface area contributed by atoms with Gasteiger partial charge in [0.05, 0.1) is 17.3 Å². The zero-order valence-electron chi connectivity index (χ0n) is 13.8. The molecular weight excluding hydrogens is 288 g/mol. The fourth-order valence-corrected chi connectivity index (χ4v) is 2.68. The molecule has 3 rings (SSSR count). The number of anilines is 1. The van der Waals surface area contributed by atoms with Crippen molar-refractivity contribution >= 4 is 16.9 Å². The topological polar surface area (TPSA) is 72.9 Å². The second-order valence-corrected chi connectivity index (χ2v) is 6.55. The zero-order chi connectivity index (χ0) is 16.4. The number of rotatable bonds is 5. The fourth-order valence-electron chi connectivity index (χ4n) is 2.68. The molecule has 1 aromatic carbocycles. The summed E-state index contributed by atoms with van der Waals surface area (Å²) in [6.07, 6.45) is 3.41. The van der Waals surface area contributed by atoms with Gasteiger partial charge < -0.3 is 10.6 Å². The van der Waals surface area contributed by atoms with Gasteiger partial charge in [-0.2, -0.15) is 5.10 Å². The number of nitrogens with zero attached hydrogens (tertiary/aromatic N) is 5. The standard InChI is InChI=1S/C17H22N6/c1-17(2,10-18)11-22(3)15-14-9-21-23(16(14)20-12-19-15)13-7-5-4-6-8-13/h4-9,12H,10-11,18H2,1-3H3. The van der Waals surface area contributed by atoms with E-state index in [2.05, 4.69) is 33.8 Å². The maximum absolute atomic E-state index is 5.85. The van der Waals surface area contributed by atoms with Gasteiger partial charge in [-0.05, 0) is 24.1 Å². The van der Waals surface area contributed by atoms with Crippen LogP contribution in [0.2, 0.25) is 0 Å². The first-order valence-electron chi connectivity index (χ1n) is 7.67. The monoisotopic (exact) mass is 310 g/mol. The molecule has 3 aromatic rings. The molecule has 6 nitrogen and oxygen atoms in total. The number of hydrogen-bond acceptors (Lipinski definition) is 5. The second kappa shape index (κ2) is 5.96. The van der Waals surface area contributed by atoms with Crippen LogP contribution in [-0.2, 0) is 0 Å². The van der Waals surface area contributed by atoms with E-state index in [0.29, 0.717) is 6.54 Å². The Kier molecular flexibility index (Phi) is 4.00. The van der Waals surface area contributed by atoms with Gasteiger partial charge in [-0.25, -0.2) is 14.6 Å². The Bertz CT molecular complexity index is 793. The van der Waals surface area contributed by atoms with Crippen LogP contribution in [0.25, 0.3) is 16.7 Å². The molecule has 23 heavy (non-hydrogen) atoms. The summed E-state index contributed by atoms with van der Waals surface area (Å²) in [4.78, 5) is 11.0. The first kappa shape index (κ1) is 15.4. The molecule has 2 aromatic heterocycles. The highest BCUT2D eigenvalue weighted by Crippen LogP contribution is 2.26. The molecule has 0 saturated heterocycles. The number of fused-ring (bicyclic) bond motifs is 1. The van der Waals surface area contributed by atoms with Crippen molar-refractivity contribution < 1.29 is 0 Å². The molecule has 0 atom stereocenters. The SMILES string of the molecule is CN(CC(C)(C)CN)c1ncnc2c1cnn2-c1ccccc1. The highest BCUT2D eigenvalue weighted by Gasteiger charge is 2.21. The van der Waals surface area contributed by atoms with Gasteiger partial charge in [0.1, 0.15) is 12.1 Å². The smallest absolute Gasteiger partial charge is 0.168 e. The van der Waals surface area contributed by atoms with E-state index in [1.807, 2.05) is 48.3 Å². The van der Waals surface area contributed by atoms with Gasteiger partial charge in [-0.15, -0.1) is 0 Å². The summed E-state index contributed by atoms with van der Waals surface area (Å²) in [5.74, 6) is 0.874. The molecule has 0 unspecified atom stereocenters. The highest BCUT2D eigenvalue weighted by molar-refractivity contribution is 5.87. The molecule has 2 N–H and O–H groups in total. The second-order valence-electron chi connectivity index (χ2n) is 6.55. The largest absolute Gasteiger partial charge is 0.358 e. The lowest BCUT2D eigenvalue weighted by Crippen LogP contribution is -2.37. The summed E-state index contributed by atoms with van der Waals surface area (Å²) in [5.41, 5.74) is 7.65. The average Bonchev–Trinajstić information content (AvgIpc) is 2.99. The normalized spacial score (nSPS) is 11.8. The Hall–Kier alpha value is -2.47. The lowest BCUT2D eigenvalue weighted by molar-refractivity contribution is 0.384. The molecule has 0 aliphatic heterocycles. The zero-order valence-corrected chi connectivity index (χ0v) is 13.8. The van der Waals surface area contributed by atoms with Crippen molar-refractivity contribution in [2.45, 2.75) is 13.8 Å². The van der Waals surface area contributed by atoms with E-state index in [1.165, 1.54) is 0 Å². The summed E-state index contributed by atoms with van der Waals surface area (Å²) in [6.45, 7) is 5.73. The molecule has 0 bridgehead atoms. The van der Waals surface area contributed by atoms with E-state index in [-0.39, 0.29) is 5.41 Å². The highest BCUT2D eigenvalue weighted by atomic mass is 15.3. The van der Waals surface area contributed by atoms with Crippen LogP contribution in [0.1, 0.15) is 13.8 Å². The molecule has 0 saturated carbocycles. The molecule has 6 heteroatoms. The van der Waals surface area contributed by atoms with E-state index in [4.69, 9.17) is 5.73 Å². The third kappa shape index (κ3) is 3.03. The molecule has 0 aliphatic carbocycles. The van der Waals surface area contributed by atoms with Gasteiger partial charge in [0.2, 0.25) is 0 Å². The van der Waals surface area contributed by atoms with Gasteiger partial charge in [-0.1, -0.05) is 32.0 Å². The summed E-state index contributed by atoms with van der Waals surface area (Å²) in [5, 5.41) is 5.42. The minimum Gasteiger partial charge on any atom is -0.358 e. The molecule has 0 spiro atoms. The van der Waals surface area contributed by atoms with Crippen LogP contribution in [0.15, 0.2) is 42.9 Å². The van der Waals surface area contributed by atoms with Gasteiger partial charge in [0.25, 0.3) is 0 Å². The fraction of sp³-hybridized carbons (Fsp3) is 0.353. The first-order chi connectivity index (χ1) is 11.0. The quantitative estimate of drug-likeness (QED) is 0.782. The maximum Gasteiger partial charge on any atom is 0.168 e. The lowest BCUT2D eigenvalue weighted by Gasteiger charge is -2.29. The number of aromatic nitrogens is 4. The summed E-state index contributed by atoms with van der Waals surface area (Å²) in [6, 6.07) is 9.98. The number of nitrogens with two attached hydrogens (primary N) is 1. The van der Waals surface area contributed by atoms with Crippen LogP contribution < -0.4 is 10.6 Å². The molecule has 2 heterocycles. The summed E-state index contributed by atoms with van der Waals surface area (Å²) in [7, 11) is 2.03. The minimum atomic E-state index is 0.0153. The van der Waals surface area contributed by atoms with E-state index >= 15 is 0 Å². The van der Waals surface area contributed by atoms with E-state index < -0.39 is 0 Å². The predicted molar refractivity (Wildman–Crippen MR) is 92.8 cm³/mol. The molecule has 0 radical (unpaired) electrons. The Morgan fingerprint density at radius 1 is 1.17 bits per heavy atom. The first-order valence-corrected chi connectivity index (χ1v) is 7.67. The third-order valence-corrected chi connectivity index (χ3v) is 3.92. The van der Waals surface area contributed by atoms with Gasteiger partial charge >= 0.3 is 0 Å². The van der Waals surface area contributed by atoms with Crippen molar-refractivity contribution in [3.8, 4) is 5.69 Å². The molecular formula is C17H22N6. The third-order valence-electron chi connectivity index (χ3n) is 3.92. The van der Waals surface area contributed by atoms with Crippen molar-refractivity contribution in [2.24, 2.45) is 11.1 Å². The summed E-state index contributed by atoms with van der Waals surface area (Å²) < 4.78 is 1.84. The Morgan fingerprint density at radius 2 is 1.91 bits per heavy atom. The summed E-state index contributed by atoms with van der Waals surface area (Å²) >= 11 is 0. The van der Waals surface area contributed by atoms with Crippen molar-refractivity contribution in [2.75, 3.05) is 25.0 Å². The lowest BCUT2D eigenvalue weighted by atomic mass is 9.93. The van der Waals surface area contributed by atoms with Crippen LogP contribution in [-0.4, -0.2) is 39.9 Å². The van der Waals surface area contributed by atoms with Crippen LogP contribution >= 0.6 is 0 Å². The van der Waals surface area contributed by atoms with E-state index in [1.54, 1.807) is 6.33 Å². The molecule has 0 aliphatic rings. The molecule has 0 fully saturated rings. The van der Waals surface area contributed by atoms with Crippen molar-refractivity contribution in [1.29, 1.82) is 0 Å². The Balaban J connectivity index is 2.02. The Morgan fingerprint density at radius 3 is 2.61 bits per heavy atom.